The molecule has 0 radical (unpaired) electrons. The predicted molar refractivity (Wildman–Crippen MR) is 130 cm³/mol. The lowest BCUT2D eigenvalue weighted by molar-refractivity contribution is -0.135. The Morgan fingerprint density at radius 2 is 1.72 bits per heavy atom. The number of nitrogens with zero attached hydrogens (tertiary/aromatic N) is 1. The van der Waals surface area contributed by atoms with Crippen LogP contribution in [0.15, 0.2) is 77.3 Å². The molecule has 1 aliphatic heterocycles. The number of hydrogen-bond donors (Lipinski definition) is 1. The summed E-state index contributed by atoms with van der Waals surface area (Å²) in [7, 11) is 0. The number of amides is 1. The molecule has 164 valence electrons. The Bertz CT molecular complexity index is 1140. The molecule has 1 unspecified atom stereocenters. The van der Waals surface area contributed by atoms with Gasteiger partial charge in [0.1, 0.15) is 0 Å². The second-order valence-corrected chi connectivity index (χ2v) is 9.51. The van der Waals surface area contributed by atoms with Gasteiger partial charge in [-0.1, -0.05) is 84.4 Å². The molecule has 4 rings (SSSR count). The lowest BCUT2D eigenvalue weighted by Gasteiger charge is -2.23. The van der Waals surface area contributed by atoms with Gasteiger partial charge in [-0.25, -0.2) is 0 Å². The minimum Gasteiger partial charge on any atom is -0.375 e. The van der Waals surface area contributed by atoms with Crippen molar-refractivity contribution in [1.29, 1.82) is 0 Å². The molecule has 3 aromatic carbocycles. The number of anilines is 1. The van der Waals surface area contributed by atoms with E-state index in [1.54, 1.807) is 23.1 Å². The van der Waals surface area contributed by atoms with Gasteiger partial charge in [-0.3, -0.25) is 9.59 Å². The number of carbonyl (C=O) groups excluding carboxylic acids is 2. The summed E-state index contributed by atoms with van der Waals surface area (Å²) in [5, 5.41) is 11.5. The Hall–Kier alpha value is -2.76. The van der Waals surface area contributed by atoms with Crippen molar-refractivity contribution in [3.63, 3.8) is 0 Å². The van der Waals surface area contributed by atoms with E-state index in [-0.39, 0.29) is 12.2 Å². The molecule has 0 saturated carbocycles. The third-order valence-electron chi connectivity index (χ3n) is 6.08. The van der Waals surface area contributed by atoms with Crippen molar-refractivity contribution in [3.8, 4) is 0 Å². The van der Waals surface area contributed by atoms with E-state index in [1.807, 2.05) is 54.6 Å². The van der Waals surface area contributed by atoms with Crippen molar-refractivity contribution >= 4 is 33.3 Å². The van der Waals surface area contributed by atoms with Crippen LogP contribution in [0.3, 0.4) is 0 Å². The highest BCUT2D eigenvalue weighted by molar-refractivity contribution is 9.10. The first-order chi connectivity index (χ1) is 15.3. The van der Waals surface area contributed by atoms with Crippen LogP contribution in [-0.4, -0.2) is 23.3 Å². The summed E-state index contributed by atoms with van der Waals surface area (Å²) < 4.78 is 0.751. The van der Waals surface area contributed by atoms with Crippen molar-refractivity contribution in [2.24, 2.45) is 0 Å². The van der Waals surface area contributed by atoms with Crippen molar-refractivity contribution in [2.75, 3.05) is 11.4 Å². The molecule has 1 atom stereocenters. The Labute approximate surface area is 197 Å². The molecule has 5 heteroatoms. The zero-order valence-corrected chi connectivity index (χ0v) is 19.8. The summed E-state index contributed by atoms with van der Waals surface area (Å²) in [6, 6.07) is 22.7. The molecule has 0 saturated heterocycles. The minimum atomic E-state index is -1.89. The number of hydrogen-bond acceptors (Lipinski definition) is 3. The Kier molecular flexibility index (Phi) is 6.31. The molecule has 1 aliphatic rings. The summed E-state index contributed by atoms with van der Waals surface area (Å²) in [5.74, 6) is -0.345. The molecule has 1 N–H and O–H groups in total. The van der Waals surface area contributed by atoms with Gasteiger partial charge in [0, 0.05) is 22.1 Å². The van der Waals surface area contributed by atoms with Gasteiger partial charge in [0.05, 0.1) is 12.1 Å². The second-order valence-electron chi connectivity index (χ2n) is 8.59. The zero-order valence-electron chi connectivity index (χ0n) is 18.2. The highest BCUT2D eigenvalue weighted by atomic mass is 79.9. The van der Waals surface area contributed by atoms with E-state index < -0.39 is 11.5 Å². The van der Waals surface area contributed by atoms with Gasteiger partial charge in [-0.2, -0.15) is 0 Å². The lowest BCUT2D eigenvalue weighted by Crippen LogP contribution is -2.42. The van der Waals surface area contributed by atoms with Crippen LogP contribution in [-0.2, 0) is 16.8 Å². The molecular weight excluding hydrogens is 466 g/mol. The van der Waals surface area contributed by atoms with E-state index >= 15 is 0 Å². The van der Waals surface area contributed by atoms with Crippen LogP contribution in [0.2, 0.25) is 0 Å². The van der Waals surface area contributed by atoms with Crippen molar-refractivity contribution in [2.45, 2.75) is 38.2 Å². The van der Waals surface area contributed by atoms with E-state index in [2.05, 4.69) is 29.8 Å². The highest BCUT2D eigenvalue weighted by Gasteiger charge is 2.50. The van der Waals surface area contributed by atoms with Gasteiger partial charge < -0.3 is 10.0 Å². The standard InChI is InChI=1S/C27H26BrNO3/c1-18(2)20-8-10-21(11-9-20)25(30)17-27(32)23-16-22(28)12-13-24(23)29(26(27)31)15-14-19-6-4-3-5-7-19/h3-13,16,18,32H,14-15,17H2,1-2H3. The van der Waals surface area contributed by atoms with Crippen LogP contribution in [0.25, 0.3) is 0 Å². The van der Waals surface area contributed by atoms with Crippen molar-refractivity contribution < 1.29 is 14.7 Å². The van der Waals surface area contributed by atoms with Crippen LogP contribution >= 0.6 is 15.9 Å². The second kappa shape index (κ2) is 9.00. The fraction of sp³-hybridized carbons (Fsp3) is 0.259. The van der Waals surface area contributed by atoms with Crippen LogP contribution in [0, 0.1) is 0 Å². The van der Waals surface area contributed by atoms with Gasteiger partial charge in [0.2, 0.25) is 0 Å². The summed E-state index contributed by atoms with van der Waals surface area (Å²) in [6.07, 6.45) is 0.362. The predicted octanol–water partition coefficient (Wildman–Crippen LogP) is 5.62. The third-order valence-corrected chi connectivity index (χ3v) is 6.57. The summed E-state index contributed by atoms with van der Waals surface area (Å²) >= 11 is 3.44. The molecule has 1 amide bonds. The van der Waals surface area contributed by atoms with E-state index in [9.17, 15) is 14.7 Å². The first kappa shape index (κ1) is 22.4. The number of ketones is 1. The first-order valence-electron chi connectivity index (χ1n) is 10.8. The molecular formula is C27H26BrNO3. The molecule has 0 bridgehead atoms. The minimum absolute atomic E-state index is 0.257. The largest absolute Gasteiger partial charge is 0.375 e. The van der Waals surface area contributed by atoms with E-state index in [1.165, 1.54) is 0 Å². The number of Topliss-reactive ketones (excluding diaryl/α,β-unsaturated/α-hetero) is 1. The van der Waals surface area contributed by atoms with Gasteiger partial charge >= 0.3 is 0 Å². The average Bonchev–Trinajstić information content (AvgIpc) is 2.99. The number of benzene rings is 3. The van der Waals surface area contributed by atoms with Gasteiger partial charge in [-0.05, 0) is 41.7 Å². The number of aliphatic hydroxyl groups is 1. The average molecular weight is 492 g/mol. The molecule has 0 aliphatic carbocycles. The molecule has 0 aromatic heterocycles. The monoisotopic (exact) mass is 491 g/mol. The molecule has 0 fully saturated rings. The summed E-state index contributed by atoms with van der Waals surface area (Å²) in [5.41, 5.74) is 1.98. The Morgan fingerprint density at radius 1 is 1.03 bits per heavy atom. The van der Waals surface area contributed by atoms with Gasteiger partial charge in [-0.15, -0.1) is 0 Å². The number of rotatable bonds is 7. The first-order valence-corrected chi connectivity index (χ1v) is 11.6. The van der Waals surface area contributed by atoms with Crippen LogP contribution < -0.4 is 4.90 Å². The molecule has 3 aromatic rings. The number of halogens is 1. The SMILES string of the molecule is CC(C)c1ccc(C(=O)CC2(O)C(=O)N(CCc3ccccc3)c3ccc(Br)cc32)cc1. The maximum atomic E-state index is 13.4. The highest BCUT2D eigenvalue weighted by Crippen LogP contribution is 2.44. The van der Waals surface area contributed by atoms with E-state index in [0.29, 0.717) is 35.7 Å². The maximum Gasteiger partial charge on any atom is 0.264 e. The maximum absolute atomic E-state index is 13.4. The Morgan fingerprint density at radius 3 is 2.38 bits per heavy atom. The molecule has 0 spiro atoms. The summed E-state index contributed by atoms with van der Waals surface area (Å²) in [6.45, 7) is 4.61. The van der Waals surface area contributed by atoms with E-state index in [0.717, 1.165) is 15.6 Å². The third kappa shape index (κ3) is 4.27. The van der Waals surface area contributed by atoms with Crippen molar-refractivity contribution in [1.82, 2.24) is 0 Å². The normalized spacial score (nSPS) is 17.7. The topological polar surface area (TPSA) is 57.6 Å². The Balaban J connectivity index is 1.61. The van der Waals surface area contributed by atoms with Crippen LogP contribution in [0.5, 0.6) is 0 Å². The molecule has 1 heterocycles. The fourth-order valence-corrected chi connectivity index (χ4v) is 4.55. The lowest BCUT2D eigenvalue weighted by atomic mass is 9.87. The van der Waals surface area contributed by atoms with Gasteiger partial charge in [0.15, 0.2) is 11.4 Å². The van der Waals surface area contributed by atoms with Crippen LogP contribution in [0.1, 0.15) is 53.2 Å². The molecule has 32 heavy (non-hydrogen) atoms. The smallest absolute Gasteiger partial charge is 0.264 e. The van der Waals surface area contributed by atoms with Gasteiger partial charge in [0.25, 0.3) is 5.91 Å². The van der Waals surface area contributed by atoms with Crippen molar-refractivity contribution in [3.05, 3.63) is 99.5 Å². The fourth-order valence-electron chi connectivity index (χ4n) is 4.19. The quantitative estimate of drug-likeness (QED) is 0.436. The number of fused-ring (bicyclic) bond motifs is 1. The van der Waals surface area contributed by atoms with Crippen LogP contribution in [0.4, 0.5) is 5.69 Å². The number of carbonyl (C=O) groups is 2. The van der Waals surface area contributed by atoms with E-state index in [4.69, 9.17) is 0 Å². The zero-order chi connectivity index (χ0) is 22.9. The molecule has 4 nitrogen and oxygen atoms in total. The summed E-state index contributed by atoms with van der Waals surface area (Å²) in [4.78, 5) is 28.1.